The minimum atomic E-state index is -0.561. The van der Waals surface area contributed by atoms with Crippen LogP contribution in [0.15, 0.2) is 16.5 Å². The third-order valence-electron chi connectivity index (χ3n) is 1.88. The van der Waals surface area contributed by atoms with E-state index in [4.69, 9.17) is 10.8 Å². The first-order chi connectivity index (χ1) is 7.13. The molecule has 1 heterocycles. The number of furan rings is 1. The van der Waals surface area contributed by atoms with E-state index in [1.165, 1.54) is 6.07 Å². The Kier molecular flexibility index (Phi) is 3.89. The van der Waals surface area contributed by atoms with Gasteiger partial charge in [-0.15, -0.1) is 12.3 Å². The van der Waals surface area contributed by atoms with Gasteiger partial charge in [0.15, 0.2) is 0 Å². The molecular formula is C10H12N2O3. The van der Waals surface area contributed by atoms with Crippen molar-refractivity contribution in [1.82, 2.24) is 5.32 Å². The lowest BCUT2D eigenvalue weighted by atomic mass is 10.2. The molecule has 1 N–H and O–H groups in total. The van der Waals surface area contributed by atoms with Gasteiger partial charge in [-0.3, -0.25) is 10.1 Å². The van der Waals surface area contributed by atoms with Crippen LogP contribution >= 0.6 is 0 Å². The molecule has 5 nitrogen and oxygen atoms in total. The van der Waals surface area contributed by atoms with Gasteiger partial charge >= 0.3 is 5.88 Å². The average molecular weight is 208 g/mol. The van der Waals surface area contributed by atoms with E-state index in [9.17, 15) is 10.1 Å². The van der Waals surface area contributed by atoms with Crippen molar-refractivity contribution >= 4 is 5.88 Å². The van der Waals surface area contributed by atoms with Gasteiger partial charge in [-0.05, 0) is 13.0 Å². The summed E-state index contributed by atoms with van der Waals surface area (Å²) in [7, 11) is 0. The quantitative estimate of drug-likeness (QED) is 0.454. The lowest BCUT2D eigenvalue weighted by molar-refractivity contribution is -0.402. The number of nitro groups is 1. The summed E-state index contributed by atoms with van der Waals surface area (Å²) < 4.78 is 4.96. The lowest BCUT2D eigenvalue weighted by Crippen LogP contribution is -2.24. The maximum atomic E-state index is 10.3. The minimum absolute atomic E-state index is 0.166. The molecule has 1 atom stereocenters. The third kappa shape index (κ3) is 3.44. The van der Waals surface area contributed by atoms with Crippen LogP contribution in [0.3, 0.4) is 0 Å². The first-order valence-corrected chi connectivity index (χ1v) is 4.53. The Labute approximate surface area is 87.6 Å². The van der Waals surface area contributed by atoms with E-state index in [2.05, 4.69) is 11.2 Å². The Hall–Kier alpha value is -1.80. The summed E-state index contributed by atoms with van der Waals surface area (Å²) in [5.74, 6) is 2.82. The molecule has 0 aliphatic rings. The highest BCUT2D eigenvalue weighted by Crippen LogP contribution is 2.15. The molecule has 0 spiro atoms. The molecule has 80 valence electrons. The molecule has 0 fully saturated rings. The predicted octanol–water partition coefficient (Wildman–Crippen LogP) is 1.69. The molecular weight excluding hydrogens is 196 g/mol. The van der Waals surface area contributed by atoms with Crippen LogP contribution in [-0.2, 0) is 6.54 Å². The second kappa shape index (κ2) is 5.17. The summed E-state index contributed by atoms with van der Waals surface area (Å²) in [6.07, 6.45) is 5.75. The molecule has 1 unspecified atom stereocenters. The molecule has 0 aliphatic heterocycles. The molecule has 0 bridgehead atoms. The van der Waals surface area contributed by atoms with E-state index >= 15 is 0 Å². The fourth-order valence-corrected chi connectivity index (χ4v) is 1.08. The summed E-state index contributed by atoms with van der Waals surface area (Å²) in [5, 5.41) is 13.4. The van der Waals surface area contributed by atoms with Gasteiger partial charge in [-0.25, -0.2) is 0 Å². The largest absolute Gasteiger partial charge is 0.433 e. The molecule has 0 saturated carbocycles. The van der Waals surface area contributed by atoms with Crippen LogP contribution in [0.1, 0.15) is 19.1 Å². The molecule has 0 aromatic carbocycles. The smallest absolute Gasteiger partial charge is 0.404 e. The zero-order valence-electron chi connectivity index (χ0n) is 8.40. The molecule has 15 heavy (non-hydrogen) atoms. The lowest BCUT2D eigenvalue weighted by Gasteiger charge is -2.07. The van der Waals surface area contributed by atoms with Crippen molar-refractivity contribution in [2.24, 2.45) is 0 Å². The van der Waals surface area contributed by atoms with Crippen molar-refractivity contribution in [3.8, 4) is 12.3 Å². The minimum Gasteiger partial charge on any atom is -0.404 e. The van der Waals surface area contributed by atoms with E-state index in [1.54, 1.807) is 6.07 Å². The van der Waals surface area contributed by atoms with Crippen LogP contribution < -0.4 is 5.32 Å². The maximum Gasteiger partial charge on any atom is 0.433 e. The standard InChI is InChI=1S/C10H12N2O3/c1-3-4-8(2)11-7-9-5-6-10(15-9)12(13)14/h1,5-6,8,11H,4,7H2,2H3. The highest BCUT2D eigenvalue weighted by atomic mass is 16.6. The van der Waals surface area contributed by atoms with Crippen molar-refractivity contribution in [1.29, 1.82) is 0 Å². The number of hydrogen-bond acceptors (Lipinski definition) is 4. The molecule has 1 aromatic rings. The Morgan fingerprint density at radius 2 is 2.47 bits per heavy atom. The Bertz CT molecular complexity index is 378. The fourth-order valence-electron chi connectivity index (χ4n) is 1.08. The zero-order chi connectivity index (χ0) is 11.3. The van der Waals surface area contributed by atoms with Crippen molar-refractivity contribution in [2.45, 2.75) is 25.9 Å². The maximum absolute atomic E-state index is 10.3. The van der Waals surface area contributed by atoms with Crippen LogP contribution in [0.5, 0.6) is 0 Å². The van der Waals surface area contributed by atoms with Gasteiger partial charge in [-0.1, -0.05) is 0 Å². The van der Waals surface area contributed by atoms with Crippen LogP contribution in [-0.4, -0.2) is 11.0 Å². The number of hydrogen-bond donors (Lipinski definition) is 1. The van der Waals surface area contributed by atoms with Gasteiger partial charge in [0.05, 0.1) is 12.6 Å². The highest BCUT2D eigenvalue weighted by molar-refractivity contribution is 5.17. The molecule has 5 heteroatoms. The van der Waals surface area contributed by atoms with E-state index in [1.807, 2.05) is 6.92 Å². The second-order valence-electron chi connectivity index (χ2n) is 3.19. The van der Waals surface area contributed by atoms with E-state index in [0.717, 1.165) is 0 Å². The number of nitrogens with one attached hydrogen (secondary N) is 1. The normalized spacial score (nSPS) is 12.0. The molecule has 1 aromatic heterocycles. The Morgan fingerprint density at radius 1 is 1.73 bits per heavy atom. The average Bonchev–Trinajstić information content (AvgIpc) is 2.63. The number of nitrogens with zero attached hydrogens (tertiary/aromatic N) is 1. The predicted molar refractivity (Wildman–Crippen MR) is 55.1 cm³/mol. The Morgan fingerprint density at radius 3 is 3.00 bits per heavy atom. The van der Waals surface area contributed by atoms with Crippen molar-refractivity contribution in [3.05, 3.63) is 28.0 Å². The number of terminal acetylenes is 1. The topological polar surface area (TPSA) is 68.3 Å². The van der Waals surface area contributed by atoms with E-state index < -0.39 is 4.92 Å². The summed E-state index contributed by atoms with van der Waals surface area (Å²) in [6.45, 7) is 2.38. The summed E-state index contributed by atoms with van der Waals surface area (Å²) in [4.78, 5) is 9.76. The van der Waals surface area contributed by atoms with Crippen molar-refractivity contribution < 1.29 is 9.34 Å². The van der Waals surface area contributed by atoms with Gasteiger partial charge in [0.1, 0.15) is 10.7 Å². The highest BCUT2D eigenvalue weighted by Gasteiger charge is 2.11. The molecule has 1 rings (SSSR count). The molecule has 0 radical (unpaired) electrons. The van der Waals surface area contributed by atoms with Crippen molar-refractivity contribution in [2.75, 3.05) is 0 Å². The molecule has 0 aliphatic carbocycles. The van der Waals surface area contributed by atoms with Gasteiger partial charge in [-0.2, -0.15) is 0 Å². The van der Waals surface area contributed by atoms with E-state index in [0.29, 0.717) is 18.7 Å². The monoisotopic (exact) mass is 208 g/mol. The van der Waals surface area contributed by atoms with Crippen LogP contribution in [0.25, 0.3) is 0 Å². The summed E-state index contributed by atoms with van der Waals surface area (Å²) in [6, 6.07) is 3.08. The SMILES string of the molecule is C#CCC(C)NCc1ccc([N+](=O)[O-])o1. The number of rotatable bonds is 5. The first-order valence-electron chi connectivity index (χ1n) is 4.53. The summed E-state index contributed by atoms with van der Waals surface area (Å²) >= 11 is 0. The van der Waals surface area contributed by atoms with Gasteiger partial charge in [0.2, 0.25) is 0 Å². The van der Waals surface area contributed by atoms with E-state index in [-0.39, 0.29) is 11.9 Å². The first kappa shape index (κ1) is 11.3. The second-order valence-corrected chi connectivity index (χ2v) is 3.19. The van der Waals surface area contributed by atoms with Gasteiger partial charge < -0.3 is 9.73 Å². The van der Waals surface area contributed by atoms with Crippen LogP contribution in [0.4, 0.5) is 5.88 Å². The van der Waals surface area contributed by atoms with Crippen molar-refractivity contribution in [3.63, 3.8) is 0 Å². The molecule has 0 amide bonds. The summed E-state index contributed by atoms with van der Waals surface area (Å²) in [5.41, 5.74) is 0. The fraction of sp³-hybridized carbons (Fsp3) is 0.400. The Balaban J connectivity index is 2.45. The van der Waals surface area contributed by atoms with Gasteiger partial charge in [0.25, 0.3) is 0 Å². The molecule has 0 saturated heterocycles. The van der Waals surface area contributed by atoms with Crippen LogP contribution in [0, 0.1) is 22.5 Å². The third-order valence-corrected chi connectivity index (χ3v) is 1.88. The zero-order valence-corrected chi connectivity index (χ0v) is 8.40. The van der Waals surface area contributed by atoms with Gasteiger partial charge in [0, 0.05) is 12.5 Å². The van der Waals surface area contributed by atoms with Crippen LogP contribution in [0.2, 0.25) is 0 Å².